The molecule has 1 unspecified atom stereocenters. The van der Waals surface area contributed by atoms with Gasteiger partial charge in [-0.1, -0.05) is 30.3 Å². The molecule has 36 heavy (non-hydrogen) atoms. The number of aryl methyl sites for hydroxylation is 1. The molecule has 4 rings (SSSR count). The Morgan fingerprint density at radius 3 is 2.33 bits per heavy atom. The maximum atomic E-state index is 13.2. The van der Waals surface area contributed by atoms with Gasteiger partial charge in [0.15, 0.2) is 0 Å². The average molecular weight is 547 g/mol. The summed E-state index contributed by atoms with van der Waals surface area (Å²) in [4.78, 5) is 31.3. The number of nitrogens with zero attached hydrogens (tertiary/aromatic N) is 3. The molecule has 11 nitrogen and oxygen atoms in total. The lowest BCUT2D eigenvalue weighted by Crippen LogP contribution is -2.30. The molecule has 0 aliphatic heterocycles. The molecule has 14 heteroatoms. The van der Waals surface area contributed by atoms with Crippen LogP contribution in [0, 0.1) is 6.92 Å². The fourth-order valence-corrected chi connectivity index (χ4v) is 5.89. The molecule has 0 saturated carbocycles. The maximum absolute atomic E-state index is 13.2. The Morgan fingerprint density at radius 2 is 1.72 bits per heavy atom. The van der Waals surface area contributed by atoms with E-state index in [9.17, 15) is 22.7 Å². The molecule has 0 radical (unpaired) electrons. The zero-order valence-electron chi connectivity index (χ0n) is 18.7. The molecule has 0 aliphatic carbocycles. The monoisotopic (exact) mass is 546 g/mol. The van der Waals surface area contributed by atoms with Crippen molar-refractivity contribution in [2.24, 2.45) is 0 Å². The summed E-state index contributed by atoms with van der Waals surface area (Å²) >= 11 is 5.90. The van der Waals surface area contributed by atoms with Crippen LogP contribution in [0.3, 0.4) is 0 Å². The second kappa shape index (κ2) is 9.75. The van der Waals surface area contributed by atoms with Crippen molar-refractivity contribution < 1.29 is 17.9 Å². The van der Waals surface area contributed by atoms with Crippen molar-refractivity contribution in [2.75, 3.05) is 9.81 Å². The highest BCUT2D eigenvalue weighted by Gasteiger charge is 2.31. The Balaban J connectivity index is 1.57. The summed E-state index contributed by atoms with van der Waals surface area (Å²) in [5.41, 5.74) is 0.382. The summed E-state index contributed by atoms with van der Waals surface area (Å²) in [5, 5.41) is 5.35. The topological polar surface area (TPSA) is 159 Å². The predicted molar refractivity (Wildman–Crippen MR) is 138 cm³/mol. The van der Waals surface area contributed by atoms with E-state index in [1.807, 2.05) is 0 Å². The molecule has 1 atom stereocenters. The van der Waals surface area contributed by atoms with E-state index >= 15 is 0 Å². The minimum atomic E-state index is -4.43. The first-order chi connectivity index (χ1) is 17.0. The van der Waals surface area contributed by atoms with Crippen molar-refractivity contribution in [3.8, 4) is 0 Å². The van der Waals surface area contributed by atoms with Gasteiger partial charge in [0.1, 0.15) is 5.30 Å². The lowest BCUT2D eigenvalue weighted by atomic mass is 10.2. The zero-order chi connectivity index (χ0) is 26.1. The molecule has 4 N–H and O–H groups in total. The standard InChI is InChI=1S/C22H20ClN6O5PS/c1-14-20(21(30)29(26-14)15(2)16-4-6-17(23)7-5-16)35(31,32)27-18-8-10-19(11-9-18)36(33,34)28-22-24-12-3-13-25-22/h3-13,26H,2H2,1H3,(H,24,25,28)(H2,27,31,32). The lowest BCUT2D eigenvalue weighted by molar-refractivity contribution is 0.495. The fraction of sp³-hybridized carbons (Fsp3) is 0.0455. The first kappa shape index (κ1) is 25.4. The van der Waals surface area contributed by atoms with Crippen molar-refractivity contribution in [3.05, 3.63) is 100 Å². The summed E-state index contributed by atoms with van der Waals surface area (Å²) in [7, 11) is -8.42. The van der Waals surface area contributed by atoms with Gasteiger partial charge in [-0.05, 0) is 55.0 Å². The van der Waals surface area contributed by atoms with E-state index in [0.29, 0.717) is 10.6 Å². The fourth-order valence-electron chi connectivity index (χ4n) is 3.33. The molecule has 0 spiro atoms. The smallest absolute Gasteiger partial charge is 0.326 e. The number of anilines is 2. The summed E-state index contributed by atoms with van der Waals surface area (Å²) in [6.07, 6.45) is 2.77. The van der Waals surface area contributed by atoms with Crippen molar-refractivity contribution in [1.82, 2.24) is 19.7 Å². The minimum absolute atomic E-state index is 0.0982. The summed E-state index contributed by atoms with van der Waals surface area (Å²) in [6, 6.07) is 13.2. The number of halogens is 1. The van der Waals surface area contributed by atoms with Gasteiger partial charge in [0.25, 0.3) is 15.6 Å². The Labute approximate surface area is 211 Å². The van der Waals surface area contributed by atoms with Crippen LogP contribution in [0.15, 0.2) is 83.3 Å². The molecule has 0 bridgehead atoms. The van der Waals surface area contributed by atoms with Crippen LogP contribution in [0.5, 0.6) is 0 Å². The molecular formula is C22H20ClN6O5PS. The van der Waals surface area contributed by atoms with Crippen molar-refractivity contribution in [2.45, 2.75) is 11.8 Å². The largest absolute Gasteiger partial charge is 0.328 e. The number of hydrogen-bond acceptors (Lipinski definition) is 6. The maximum Gasteiger partial charge on any atom is 0.328 e. The predicted octanol–water partition coefficient (Wildman–Crippen LogP) is 3.17. The number of nitrogens with one attached hydrogen (secondary N) is 3. The second-order valence-corrected chi connectivity index (χ2v) is 11.5. The van der Waals surface area contributed by atoms with Crippen molar-refractivity contribution >= 4 is 51.8 Å². The second-order valence-electron chi connectivity index (χ2n) is 7.57. The molecule has 2 aromatic carbocycles. The third-order valence-corrected chi connectivity index (χ3v) is 8.32. The Hall–Kier alpha value is -3.70. The van der Waals surface area contributed by atoms with E-state index in [2.05, 4.69) is 31.5 Å². The van der Waals surface area contributed by atoms with Crippen molar-refractivity contribution in [1.29, 1.82) is 0 Å². The lowest BCUT2D eigenvalue weighted by Gasteiger charge is -2.14. The van der Waals surface area contributed by atoms with Gasteiger partial charge in [0, 0.05) is 28.8 Å². The number of hydrogen-bond donors (Lipinski definition) is 4. The summed E-state index contributed by atoms with van der Waals surface area (Å²) in [5.74, 6) is -0.0982. The van der Waals surface area contributed by atoms with E-state index in [-0.39, 0.29) is 33.2 Å². The van der Waals surface area contributed by atoms with Gasteiger partial charge in [-0.3, -0.25) is 14.5 Å². The van der Waals surface area contributed by atoms with Crippen LogP contribution in [0.4, 0.5) is 11.6 Å². The molecule has 0 amide bonds. The van der Waals surface area contributed by atoms with E-state index in [1.165, 1.54) is 43.6 Å². The first-order valence-corrected chi connectivity index (χ1v) is 13.8. The Kier molecular flexibility index (Phi) is 6.87. The Bertz CT molecular complexity index is 1640. The molecule has 2 heterocycles. The van der Waals surface area contributed by atoms with E-state index in [0.717, 1.165) is 4.68 Å². The van der Waals surface area contributed by atoms with Crippen LogP contribution in [-0.4, -0.2) is 33.1 Å². The number of H-pyrrole nitrogens is 1. The number of aromatic amines is 1. The van der Waals surface area contributed by atoms with E-state index < -0.39 is 23.1 Å². The van der Waals surface area contributed by atoms with Gasteiger partial charge in [0.2, 0.25) is 5.95 Å². The number of aromatic nitrogens is 4. The highest BCUT2D eigenvalue weighted by molar-refractivity contribution is 7.92. The van der Waals surface area contributed by atoms with Gasteiger partial charge in [-0.15, -0.1) is 0 Å². The first-order valence-electron chi connectivity index (χ1n) is 10.3. The van der Waals surface area contributed by atoms with Gasteiger partial charge < -0.3 is 9.98 Å². The van der Waals surface area contributed by atoms with Gasteiger partial charge in [0.05, 0.1) is 10.6 Å². The molecule has 186 valence electrons. The zero-order valence-corrected chi connectivity index (χ0v) is 21.2. The number of benzene rings is 2. The Morgan fingerprint density at radius 1 is 1.11 bits per heavy atom. The third kappa shape index (κ3) is 5.26. The highest BCUT2D eigenvalue weighted by Crippen LogP contribution is 2.39. The molecule has 0 fully saturated rings. The highest BCUT2D eigenvalue weighted by atomic mass is 35.5. The molecule has 2 aromatic heterocycles. The van der Waals surface area contributed by atoms with E-state index in [1.54, 1.807) is 30.3 Å². The summed E-state index contributed by atoms with van der Waals surface area (Å²) < 4.78 is 41.6. The van der Waals surface area contributed by atoms with Crippen molar-refractivity contribution in [3.63, 3.8) is 0 Å². The minimum Gasteiger partial charge on any atom is -0.326 e. The van der Waals surface area contributed by atoms with Crippen LogP contribution in [-0.2, 0) is 14.6 Å². The SMILES string of the molecule is C=C(c1ccc(Cl)cc1)n1[nH]c(C)c(P(=O)(O)Nc2ccc(S(=O)(=O)Nc3ncccn3)cc2)c1=O. The number of sulfonamides is 1. The molecule has 0 aliphatic rings. The number of rotatable bonds is 8. The summed E-state index contributed by atoms with van der Waals surface area (Å²) in [6.45, 7) is 5.38. The van der Waals surface area contributed by atoms with Gasteiger partial charge in [-0.25, -0.2) is 27.8 Å². The van der Waals surface area contributed by atoms with Gasteiger partial charge in [-0.2, -0.15) is 0 Å². The van der Waals surface area contributed by atoms with Crippen LogP contribution in [0.25, 0.3) is 5.70 Å². The normalized spacial score (nSPS) is 13.1. The van der Waals surface area contributed by atoms with Crippen LogP contribution < -0.4 is 20.7 Å². The quantitative estimate of drug-likeness (QED) is 0.245. The molecular weight excluding hydrogens is 527 g/mol. The molecule has 4 aromatic rings. The van der Waals surface area contributed by atoms with E-state index in [4.69, 9.17) is 11.6 Å². The van der Waals surface area contributed by atoms with Crippen LogP contribution in [0.1, 0.15) is 11.3 Å². The van der Waals surface area contributed by atoms with Gasteiger partial charge >= 0.3 is 7.52 Å². The van der Waals surface area contributed by atoms with Crippen LogP contribution in [0.2, 0.25) is 5.02 Å². The average Bonchev–Trinajstić information content (AvgIpc) is 3.14. The van der Waals surface area contributed by atoms with Crippen LogP contribution >= 0.6 is 19.1 Å². The third-order valence-electron chi connectivity index (χ3n) is 5.03. The molecule has 0 saturated heterocycles.